The van der Waals surface area contributed by atoms with Crippen LogP contribution in [0.2, 0.25) is 0 Å². The Balaban J connectivity index is 1.96. The van der Waals surface area contributed by atoms with Crippen LogP contribution in [0.15, 0.2) is 82.4 Å². The van der Waals surface area contributed by atoms with Crippen LogP contribution < -0.4 is 16.0 Å². The van der Waals surface area contributed by atoms with Gasteiger partial charge in [0.25, 0.3) is 5.56 Å². The second-order valence-electron chi connectivity index (χ2n) is 6.71. The molecule has 3 aromatic carbocycles. The predicted molar refractivity (Wildman–Crippen MR) is 111 cm³/mol. The van der Waals surface area contributed by atoms with Gasteiger partial charge in [-0.3, -0.25) is 9.36 Å². The number of ether oxygens (including phenoxy) is 1. The van der Waals surface area contributed by atoms with Crippen molar-refractivity contribution in [2.75, 3.05) is 7.11 Å². The molecule has 0 unspecified atom stereocenters. The van der Waals surface area contributed by atoms with E-state index < -0.39 is 0 Å². The van der Waals surface area contributed by atoms with Crippen LogP contribution in [0.3, 0.4) is 0 Å². The first-order chi connectivity index (χ1) is 13.6. The van der Waals surface area contributed by atoms with Crippen molar-refractivity contribution in [2.45, 2.75) is 13.5 Å². The maximum atomic E-state index is 13.3. The molecule has 1 aromatic heterocycles. The zero-order chi connectivity index (χ0) is 19.7. The Bertz CT molecular complexity index is 1250. The summed E-state index contributed by atoms with van der Waals surface area (Å²) < 4.78 is 8.04. The molecule has 4 rings (SSSR count). The third kappa shape index (κ3) is 3.11. The average Bonchev–Trinajstić information content (AvgIpc) is 2.73. The molecule has 0 aliphatic heterocycles. The number of hydrogen-bond acceptors (Lipinski definition) is 3. The van der Waals surface area contributed by atoms with Gasteiger partial charge in [-0.25, -0.2) is 9.36 Å². The minimum Gasteiger partial charge on any atom is -0.497 e. The van der Waals surface area contributed by atoms with Crippen molar-refractivity contribution in [1.29, 1.82) is 0 Å². The van der Waals surface area contributed by atoms with Crippen molar-refractivity contribution in [3.63, 3.8) is 0 Å². The number of benzene rings is 3. The van der Waals surface area contributed by atoms with Gasteiger partial charge in [0.1, 0.15) is 5.75 Å². The number of para-hydroxylation sites is 1. The Morgan fingerprint density at radius 1 is 0.857 bits per heavy atom. The highest BCUT2D eigenvalue weighted by Gasteiger charge is 2.14. The highest BCUT2D eigenvalue weighted by atomic mass is 16.5. The Morgan fingerprint density at radius 3 is 2.21 bits per heavy atom. The maximum absolute atomic E-state index is 13.3. The summed E-state index contributed by atoms with van der Waals surface area (Å²) in [7, 11) is 1.58. The van der Waals surface area contributed by atoms with Crippen LogP contribution in [0.5, 0.6) is 5.75 Å². The molecule has 140 valence electrons. The van der Waals surface area contributed by atoms with Crippen LogP contribution in [-0.2, 0) is 6.54 Å². The third-order valence-electron chi connectivity index (χ3n) is 4.84. The van der Waals surface area contributed by atoms with Crippen molar-refractivity contribution < 1.29 is 4.74 Å². The van der Waals surface area contributed by atoms with Gasteiger partial charge in [0.2, 0.25) is 0 Å². The molecule has 28 heavy (non-hydrogen) atoms. The zero-order valence-corrected chi connectivity index (χ0v) is 15.8. The van der Waals surface area contributed by atoms with Crippen LogP contribution in [0.4, 0.5) is 0 Å². The molecule has 4 aromatic rings. The summed E-state index contributed by atoms with van der Waals surface area (Å²) >= 11 is 0. The minimum atomic E-state index is -0.366. The van der Waals surface area contributed by atoms with E-state index in [1.54, 1.807) is 42.0 Å². The molecule has 5 heteroatoms. The van der Waals surface area contributed by atoms with Crippen LogP contribution in [-0.4, -0.2) is 16.2 Å². The largest absolute Gasteiger partial charge is 0.497 e. The molecule has 1 heterocycles. The summed E-state index contributed by atoms with van der Waals surface area (Å²) in [6.45, 7) is 2.41. The van der Waals surface area contributed by atoms with Crippen LogP contribution in [0, 0.1) is 6.92 Å². The number of methoxy groups -OCH3 is 1. The molecule has 0 amide bonds. The van der Waals surface area contributed by atoms with Crippen molar-refractivity contribution >= 4 is 10.9 Å². The quantitative estimate of drug-likeness (QED) is 0.551. The number of rotatable bonds is 4. The van der Waals surface area contributed by atoms with Gasteiger partial charge in [-0.1, -0.05) is 42.0 Å². The molecule has 0 saturated carbocycles. The smallest absolute Gasteiger partial charge is 0.336 e. The predicted octanol–water partition coefficient (Wildman–Crippen LogP) is 3.52. The normalized spacial score (nSPS) is 10.9. The Morgan fingerprint density at radius 2 is 1.54 bits per heavy atom. The van der Waals surface area contributed by atoms with E-state index >= 15 is 0 Å². The molecular formula is C23H20N2O3. The number of fused-ring (bicyclic) bond motifs is 1. The molecule has 0 aliphatic carbocycles. The maximum Gasteiger partial charge on any atom is 0.336 e. The molecule has 5 nitrogen and oxygen atoms in total. The zero-order valence-electron chi connectivity index (χ0n) is 15.8. The van der Waals surface area contributed by atoms with E-state index in [1.807, 2.05) is 49.4 Å². The Hall–Kier alpha value is -3.60. The first-order valence-electron chi connectivity index (χ1n) is 9.03. The van der Waals surface area contributed by atoms with E-state index in [0.717, 1.165) is 11.1 Å². The lowest BCUT2D eigenvalue weighted by Crippen LogP contribution is -2.39. The number of hydrogen-bond donors (Lipinski definition) is 0. The Kier molecular flexibility index (Phi) is 4.57. The topological polar surface area (TPSA) is 53.2 Å². The Labute approximate surface area is 162 Å². The van der Waals surface area contributed by atoms with Crippen molar-refractivity contribution in [2.24, 2.45) is 0 Å². The van der Waals surface area contributed by atoms with E-state index in [1.165, 1.54) is 4.57 Å². The fourth-order valence-corrected chi connectivity index (χ4v) is 3.31. The molecule has 0 spiro atoms. The molecule has 0 aliphatic rings. The van der Waals surface area contributed by atoms with Crippen molar-refractivity contribution in [1.82, 2.24) is 9.13 Å². The molecule has 0 bridgehead atoms. The molecule has 0 fully saturated rings. The number of aryl methyl sites for hydroxylation is 1. The van der Waals surface area contributed by atoms with Gasteiger partial charge < -0.3 is 4.74 Å². The summed E-state index contributed by atoms with van der Waals surface area (Å²) in [4.78, 5) is 26.4. The van der Waals surface area contributed by atoms with Gasteiger partial charge in [-0.15, -0.1) is 0 Å². The van der Waals surface area contributed by atoms with E-state index in [2.05, 4.69) is 0 Å². The molecule has 0 N–H and O–H groups in total. The fraction of sp³-hybridized carbons (Fsp3) is 0.130. The van der Waals surface area contributed by atoms with Gasteiger partial charge in [0.05, 0.1) is 30.2 Å². The lowest BCUT2D eigenvalue weighted by atomic mass is 10.1. The monoisotopic (exact) mass is 372 g/mol. The summed E-state index contributed by atoms with van der Waals surface area (Å²) in [5.74, 6) is 0.664. The van der Waals surface area contributed by atoms with Crippen LogP contribution >= 0.6 is 0 Å². The second kappa shape index (κ2) is 7.19. The lowest BCUT2D eigenvalue weighted by Gasteiger charge is -2.14. The van der Waals surface area contributed by atoms with Gasteiger partial charge in [0, 0.05) is 0 Å². The van der Waals surface area contributed by atoms with Gasteiger partial charge >= 0.3 is 5.69 Å². The average molecular weight is 372 g/mol. The number of aromatic nitrogens is 2. The summed E-state index contributed by atoms with van der Waals surface area (Å²) in [5.41, 5.74) is 2.60. The first kappa shape index (κ1) is 17.8. The molecule has 0 radical (unpaired) electrons. The lowest BCUT2D eigenvalue weighted by molar-refractivity contribution is 0.414. The van der Waals surface area contributed by atoms with E-state index in [-0.39, 0.29) is 11.2 Å². The van der Waals surface area contributed by atoms with E-state index in [9.17, 15) is 9.59 Å². The summed E-state index contributed by atoms with van der Waals surface area (Å²) in [6.07, 6.45) is 0. The SMILES string of the molecule is COc1ccc(-n2c(=O)c3ccccc3n(Cc3ccc(C)cc3)c2=O)cc1. The first-order valence-corrected chi connectivity index (χ1v) is 9.03. The highest BCUT2D eigenvalue weighted by Crippen LogP contribution is 2.15. The highest BCUT2D eigenvalue weighted by molar-refractivity contribution is 5.78. The second-order valence-corrected chi connectivity index (χ2v) is 6.71. The van der Waals surface area contributed by atoms with E-state index in [0.29, 0.717) is 28.9 Å². The van der Waals surface area contributed by atoms with Crippen molar-refractivity contribution in [3.8, 4) is 11.4 Å². The summed E-state index contributed by atoms with van der Waals surface area (Å²) in [5, 5.41) is 0.505. The van der Waals surface area contributed by atoms with Gasteiger partial charge in [-0.2, -0.15) is 0 Å². The van der Waals surface area contributed by atoms with Gasteiger partial charge in [-0.05, 0) is 48.9 Å². The number of nitrogens with zero attached hydrogens (tertiary/aromatic N) is 2. The standard InChI is InChI=1S/C23H20N2O3/c1-16-7-9-17(10-8-16)15-24-21-6-4-3-5-20(21)22(26)25(23(24)27)18-11-13-19(28-2)14-12-18/h3-14H,15H2,1-2H3. The van der Waals surface area contributed by atoms with Crippen molar-refractivity contribution in [3.05, 3.63) is 105 Å². The van der Waals surface area contributed by atoms with Crippen LogP contribution in [0.25, 0.3) is 16.6 Å². The third-order valence-corrected chi connectivity index (χ3v) is 4.84. The summed E-state index contributed by atoms with van der Waals surface area (Å²) in [6, 6.07) is 22.1. The fourth-order valence-electron chi connectivity index (χ4n) is 3.31. The molecule has 0 atom stereocenters. The van der Waals surface area contributed by atoms with E-state index in [4.69, 9.17) is 4.74 Å². The van der Waals surface area contributed by atoms with Crippen LogP contribution in [0.1, 0.15) is 11.1 Å². The molecule has 0 saturated heterocycles. The molecular weight excluding hydrogens is 352 g/mol. The van der Waals surface area contributed by atoms with Gasteiger partial charge in [0.15, 0.2) is 0 Å². The minimum absolute atomic E-state index is 0.328.